The van der Waals surface area contributed by atoms with Gasteiger partial charge in [0.25, 0.3) is 0 Å². The third kappa shape index (κ3) is 2.79. The van der Waals surface area contributed by atoms with Crippen molar-refractivity contribution in [3.63, 3.8) is 0 Å². The van der Waals surface area contributed by atoms with Crippen molar-refractivity contribution in [2.24, 2.45) is 0 Å². The zero-order chi connectivity index (χ0) is 14.8. The third-order valence-corrected chi connectivity index (χ3v) is 3.40. The first-order chi connectivity index (χ1) is 10.1. The van der Waals surface area contributed by atoms with Gasteiger partial charge in [-0.15, -0.1) is 0 Å². The summed E-state index contributed by atoms with van der Waals surface area (Å²) in [5.41, 5.74) is 4.38. The minimum absolute atomic E-state index is 0.206. The van der Waals surface area contributed by atoms with Crippen LogP contribution in [0.5, 0.6) is 5.75 Å². The number of benzene rings is 1. The molecule has 0 unspecified atom stereocenters. The monoisotopic (exact) mass is 279 g/mol. The molecule has 2 aromatic heterocycles. The lowest BCUT2D eigenvalue weighted by Gasteiger charge is -2.10. The van der Waals surface area contributed by atoms with Gasteiger partial charge < -0.3 is 10.4 Å². The largest absolute Gasteiger partial charge is 0.506 e. The van der Waals surface area contributed by atoms with Crippen molar-refractivity contribution in [1.29, 1.82) is 0 Å². The van der Waals surface area contributed by atoms with E-state index in [2.05, 4.69) is 21.4 Å². The lowest BCUT2D eigenvalue weighted by molar-refractivity contribution is 0.464. The number of aromatic nitrogens is 2. The highest BCUT2D eigenvalue weighted by molar-refractivity contribution is 5.90. The van der Waals surface area contributed by atoms with Crippen LogP contribution in [0, 0.1) is 13.8 Å². The minimum atomic E-state index is 0.206. The highest BCUT2D eigenvalue weighted by Crippen LogP contribution is 2.23. The Morgan fingerprint density at radius 3 is 2.57 bits per heavy atom. The topological polar surface area (TPSA) is 58.0 Å². The van der Waals surface area contributed by atoms with Gasteiger partial charge in [0, 0.05) is 16.8 Å². The summed E-state index contributed by atoms with van der Waals surface area (Å²) in [7, 11) is 0. The van der Waals surface area contributed by atoms with Crippen LogP contribution in [0.2, 0.25) is 0 Å². The average Bonchev–Trinajstić information content (AvgIpc) is 2.48. The van der Waals surface area contributed by atoms with Gasteiger partial charge in [0.15, 0.2) is 0 Å². The van der Waals surface area contributed by atoms with Crippen molar-refractivity contribution in [3.8, 4) is 5.75 Å². The maximum atomic E-state index is 9.85. The summed E-state index contributed by atoms with van der Waals surface area (Å²) in [6.07, 6.45) is 0. The molecule has 3 rings (SSSR count). The molecule has 4 nitrogen and oxygen atoms in total. The Morgan fingerprint density at radius 1 is 0.952 bits per heavy atom. The molecule has 0 aliphatic heterocycles. The van der Waals surface area contributed by atoms with Crippen LogP contribution in [0.3, 0.4) is 0 Å². The van der Waals surface area contributed by atoms with Crippen LogP contribution in [-0.4, -0.2) is 15.1 Å². The number of rotatable bonds is 3. The Bertz CT molecular complexity index is 799. The highest BCUT2D eigenvalue weighted by Gasteiger charge is 2.06. The summed E-state index contributed by atoms with van der Waals surface area (Å²) >= 11 is 0. The molecule has 2 N–H and O–H groups in total. The molecule has 2 heterocycles. The van der Waals surface area contributed by atoms with Gasteiger partial charge in [0.1, 0.15) is 11.4 Å². The standard InChI is InChI=1S/C17H17N3O/c1-11-7-9-16(21)15(19-11)10-18-14-5-3-4-13-8-6-12(2)20-17(13)14/h3-9,18,21H,10H2,1-2H3. The maximum absolute atomic E-state index is 9.85. The predicted molar refractivity (Wildman–Crippen MR) is 84.4 cm³/mol. The molecule has 0 aliphatic carbocycles. The van der Waals surface area contributed by atoms with Crippen LogP contribution in [0.25, 0.3) is 10.9 Å². The van der Waals surface area contributed by atoms with Gasteiger partial charge >= 0.3 is 0 Å². The van der Waals surface area contributed by atoms with Crippen molar-refractivity contribution >= 4 is 16.6 Å². The van der Waals surface area contributed by atoms with Crippen LogP contribution in [0.4, 0.5) is 5.69 Å². The maximum Gasteiger partial charge on any atom is 0.138 e. The van der Waals surface area contributed by atoms with E-state index in [-0.39, 0.29) is 5.75 Å². The van der Waals surface area contributed by atoms with E-state index >= 15 is 0 Å². The molecule has 0 saturated heterocycles. The van der Waals surface area contributed by atoms with Crippen molar-refractivity contribution in [3.05, 3.63) is 59.5 Å². The summed E-state index contributed by atoms with van der Waals surface area (Å²) in [5, 5.41) is 14.3. The fourth-order valence-corrected chi connectivity index (χ4v) is 2.30. The molecule has 0 bridgehead atoms. The lowest BCUT2D eigenvalue weighted by Crippen LogP contribution is -2.04. The van der Waals surface area contributed by atoms with Gasteiger partial charge in [-0.05, 0) is 38.1 Å². The zero-order valence-corrected chi connectivity index (χ0v) is 12.1. The van der Waals surface area contributed by atoms with E-state index in [4.69, 9.17) is 0 Å². The van der Waals surface area contributed by atoms with Crippen molar-refractivity contribution < 1.29 is 5.11 Å². The quantitative estimate of drug-likeness (QED) is 0.769. The summed E-state index contributed by atoms with van der Waals surface area (Å²) < 4.78 is 0. The van der Waals surface area contributed by atoms with Gasteiger partial charge in [-0.1, -0.05) is 18.2 Å². The molecule has 4 heteroatoms. The normalized spacial score (nSPS) is 10.8. The van der Waals surface area contributed by atoms with E-state index in [0.29, 0.717) is 12.2 Å². The predicted octanol–water partition coefficient (Wildman–Crippen LogP) is 3.56. The lowest BCUT2D eigenvalue weighted by atomic mass is 10.1. The Balaban J connectivity index is 1.91. The zero-order valence-electron chi connectivity index (χ0n) is 12.1. The summed E-state index contributed by atoms with van der Waals surface area (Å²) in [6.45, 7) is 4.35. The molecule has 3 aromatic rings. The van der Waals surface area contributed by atoms with E-state index in [1.807, 2.05) is 38.1 Å². The van der Waals surface area contributed by atoms with Crippen molar-refractivity contribution in [2.75, 3.05) is 5.32 Å². The summed E-state index contributed by atoms with van der Waals surface area (Å²) in [4.78, 5) is 8.93. The molecular weight excluding hydrogens is 262 g/mol. The molecule has 0 radical (unpaired) electrons. The number of anilines is 1. The molecule has 0 saturated carbocycles. The molecule has 0 aliphatic rings. The second-order valence-corrected chi connectivity index (χ2v) is 5.10. The van der Waals surface area contributed by atoms with E-state index < -0.39 is 0 Å². The van der Waals surface area contributed by atoms with Gasteiger partial charge in [-0.3, -0.25) is 9.97 Å². The molecule has 1 aromatic carbocycles. The summed E-state index contributed by atoms with van der Waals surface area (Å²) in [6, 6.07) is 13.5. The van der Waals surface area contributed by atoms with E-state index in [1.54, 1.807) is 12.1 Å². The number of aromatic hydroxyl groups is 1. The second kappa shape index (κ2) is 5.40. The third-order valence-electron chi connectivity index (χ3n) is 3.40. The van der Waals surface area contributed by atoms with Gasteiger partial charge in [0.05, 0.1) is 17.7 Å². The highest BCUT2D eigenvalue weighted by atomic mass is 16.3. The number of para-hydroxylation sites is 1. The fraction of sp³-hybridized carbons (Fsp3) is 0.176. The first-order valence-electron chi connectivity index (χ1n) is 6.89. The number of aryl methyl sites for hydroxylation is 2. The van der Waals surface area contributed by atoms with E-state index in [0.717, 1.165) is 28.0 Å². The number of nitrogens with zero attached hydrogens (tertiary/aromatic N) is 2. The fourth-order valence-electron chi connectivity index (χ4n) is 2.30. The van der Waals surface area contributed by atoms with Crippen LogP contribution < -0.4 is 5.32 Å². The average molecular weight is 279 g/mol. The summed E-state index contributed by atoms with van der Waals surface area (Å²) in [5.74, 6) is 0.206. The van der Waals surface area contributed by atoms with Gasteiger partial charge in [0.2, 0.25) is 0 Å². The number of hydrogen-bond acceptors (Lipinski definition) is 4. The molecule has 106 valence electrons. The number of pyridine rings is 2. The van der Waals surface area contributed by atoms with Crippen LogP contribution in [-0.2, 0) is 6.54 Å². The van der Waals surface area contributed by atoms with Gasteiger partial charge in [-0.2, -0.15) is 0 Å². The van der Waals surface area contributed by atoms with Crippen LogP contribution in [0.15, 0.2) is 42.5 Å². The Morgan fingerprint density at radius 2 is 1.71 bits per heavy atom. The number of fused-ring (bicyclic) bond motifs is 1. The SMILES string of the molecule is Cc1ccc(O)c(CNc2cccc3ccc(C)nc23)n1. The minimum Gasteiger partial charge on any atom is -0.506 e. The Hall–Kier alpha value is -2.62. The van der Waals surface area contributed by atoms with Crippen LogP contribution >= 0.6 is 0 Å². The Kier molecular flexibility index (Phi) is 3.44. The first kappa shape index (κ1) is 13.4. The smallest absolute Gasteiger partial charge is 0.138 e. The molecule has 0 atom stereocenters. The van der Waals surface area contributed by atoms with Crippen LogP contribution in [0.1, 0.15) is 17.1 Å². The molecule has 0 amide bonds. The van der Waals surface area contributed by atoms with Gasteiger partial charge in [-0.25, -0.2) is 0 Å². The molecular formula is C17H17N3O. The number of nitrogens with one attached hydrogen (secondary N) is 1. The number of hydrogen-bond donors (Lipinski definition) is 2. The van der Waals surface area contributed by atoms with Crippen molar-refractivity contribution in [1.82, 2.24) is 9.97 Å². The molecule has 0 fully saturated rings. The molecule has 21 heavy (non-hydrogen) atoms. The first-order valence-corrected chi connectivity index (χ1v) is 6.89. The Labute approximate surface area is 123 Å². The van der Waals surface area contributed by atoms with E-state index in [1.165, 1.54) is 0 Å². The van der Waals surface area contributed by atoms with E-state index in [9.17, 15) is 5.11 Å². The van der Waals surface area contributed by atoms with Crippen molar-refractivity contribution in [2.45, 2.75) is 20.4 Å². The molecule has 0 spiro atoms. The second-order valence-electron chi connectivity index (χ2n) is 5.10.